The molecular weight excluding hydrogens is 464 g/mol. The molecule has 0 radical (unpaired) electrons. The number of aromatic nitrogens is 4. The Hall–Kier alpha value is -3.63. The van der Waals surface area contributed by atoms with Gasteiger partial charge in [-0.1, -0.05) is 42.1 Å². The van der Waals surface area contributed by atoms with Crippen LogP contribution in [0.15, 0.2) is 71.1 Å². The number of rotatable bonds is 10. The van der Waals surface area contributed by atoms with E-state index < -0.39 is 0 Å². The lowest BCUT2D eigenvalue weighted by atomic mass is 10.1. The second-order valence-corrected chi connectivity index (χ2v) is 9.13. The smallest absolute Gasteiger partial charge is 0.263 e. The highest BCUT2D eigenvalue weighted by Crippen LogP contribution is 2.23. The Morgan fingerprint density at radius 1 is 1.20 bits per heavy atom. The molecule has 4 aromatic rings. The fraction of sp³-hybridized carbons (Fsp3) is 0.280. The molecule has 1 N–H and O–H groups in total. The zero-order valence-electron chi connectivity index (χ0n) is 20.0. The second kappa shape index (κ2) is 10.7. The van der Waals surface area contributed by atoms with Crippen LogP contribution in [0.25, 0.3) is 16.7 Å². The van der Waals surface area contributed by atoms with Crippen LogP contribution >= 0.6 is 11.8 Å². The molecule has 2 aromatic heterocycles. The fourth-order valence-electron chi connectivity index (χ4n) is 3.94. The maximum atomic E-state index is 12.9. The first-order valence-corrected chi connectivity index (χ1v) is 12.1. The number of nitrogens with zero attached hydrogens (tertiary/aromatic N) is 5. The molecule has 2 aromatic carbocycles. The first-order valence-electron chi connectivity index (χ1n) is 11.1. The van der Waals surface area contributed by atoms with Crippen molar-refractivity contribution in [3.63, 3.8) is 0 Å². The van der Waals surface area contributed by atoms with E-state index in [4.69, 9.17) is 4.74 Å². The summed E-state index contributed by atoms with van der Waals surface area (Å²) in [5.74, 6) is 1.26. The van der Waals surface area contributed by atoms with Crippen molar-refractivity contribution in [1.82, 2.24) is 29.4 Å². The quantitative estimate of drug-likeness (QED) is 0.269. The number of fused-ring (bicyclic) bond motifs is 3. The molecule has 0 saturated carbocycles. The summed E-state index contributed by atoms with van der Waals surface area (Å²) in [6.45, 7) is 4.52. The van der Waals surface area contributed by atoms with Crippen LogP contribution in [0.5, 0.6) is 5.75 Å². The van der Waals surface area contributed by atoms with Crippen LogP contribution in [0.4, 0.5) is 0 Å². The van der Waals surface area contributed by atoms with E-state index in [1.54, 1.807) is 19.3 Å². The van der Waals surface area contributed by atoms with Crippen molar-refractivity contribution in [2.24, 2.45) is 0 Å². The first-order chi connectivity index (χ1) is 16.9. The number of thioether (sulfide) groups is 1. The molecule has 0 aliphatic heterocycles. The van der Waals surface area contributed by atoms with E-state index in [1.165, 1.54) is 16.3 Å². The molecule has 0 aliphatic rings. The summed E-state index contributed by atoms with van der Waals surface area (Å²) in [6, 6.07) is 15.2. The van der Waals surface area contributed by atoms with E-state index >= 15 is 0 Å². The number of ether oxygens (including phenoxy) is 1. The van der Waals surface area contributed by atoms with Crippen molar-refractivity contribution in [2.45, 2.75) is 17.7 Å². The zero-order chi connectivity index (χ0) is 24.9. The molecule has 0 saturated heterocycles. The highest BCUT2D eigenvalue weighted by molar-refractivity contribution is 7.99. The average Bonchev–Trinajstić information content (AvgIpc) is 3.29. The molecule has 4 rings (SSSR count). The molecule has 0 aliphatic carbocycles. The summed E-state index contributed by atoms with van der Waals surface area (Å²) in [5.41, 5.74) is 1.63. The molecule has 182 valence electrons. The number of methoxy groups -OCH3 is 1. The van der Waals surface area contributed by atoms with Gasteiger partial charge in [-0.15, -0.1) is 16.8 Å². The van der Waals surface area contributed by atoms with Crippen LogP contribution in [0, 0.1) is 0 Å². The van der Waals surface area contributed by atoms with Crippen LogP contribution in [-0.2, 0) is 11.3 Å². The second-order valence-electron chi connectivity index (χ2n) is 8.18. The lowest BCUT2D eigenvalue weighted by Gasteiger charge is -2.25. The monoisotopic (exact) mass is 492 g/mol. The Labute approximate surface area is 207 Å². The van der Waals surface area contributed by atoms with Crippen molar-refractivity contribution in [3.8, 4) is 5.75 Å². The molecule has 0 spiro atoms. The predicted molar refractivity (Wildman–Crippen MR) is 138 cm³/mol. The summed E-state index contributed by atoms with van der Waals surface area (Å²) < 4.78 is 8.59. The van der Waals surface area contributed by atoms with Crippen molar-refractivity contribution >= 4 is 34.3 Å². The maximum Gasteiger partial charge on any atom is 0.263 e. The standard InChI is InChI=1S/C25H28N6O3S/c1-5-14-30-23(33)19-8-6-7-9-20(19)31-24(30)27-28-25(31)35-16-22(32)26-15-21(29(2)3)17-10-12-18(34-4)13-11-17/h5-13,21H,1,14-16H2,2-4H3,(H,26,32). The van der Waals surface area contributed by atoms with Gasteiger partial charge in [-0.3, -0.25) is 18.6 Å². The van der Waals surface area contributed by atoms with Gasteiger partial charge in [-0.05, 0) is 43.9 Å². The van der Waals surface area contributed by atoms with E-state index in [9.17, 15) is 9.59 Å². The fourth-order valence-corrected chi connectivity index (χ4v) is 4.71. The van der Waals surface area contributed by atoms with Gasteiger partial charge in [0.25, 0.3) is 5.56 Å². The minimum atomic E-state index is -0.150. The van der Waals surface area contributed by atoms with E-state index in [-0.39, 0.29) is 23.3 Å². The van der Waals surface area contributed by atoms with Crippen LogP contribution in [-0.4, -0.2) is 63.5 Å². The van der Waals surface area contributed by atoms with E-state index in [0.717, 1.165) is 11.3 Å². The first kappa shape index (κ1) is 24.5. The number of carbonyl (C=O) groups is 1. The number of amides is 1. The van der Waals surface area contributed by atoms with Crippen molar-refractivity contribution in [3.05, 3.63) is 77.1 Å². The van der Waals surface area contributed by atoms with Gasteiger partial charge in [0.1, 0.15) is 5.75 Å². The third-order valence-electron chi connectivity index (χ3n) is 5.74. The molecular formula is C25H28N6O3S. The Balaban J connectivity index is 1.50. The Morgan fingerprint density at radius 2 is 1.94 bits per heavy atom. The number of hydrogen-bond donors (Lipinski definition) is 1. The Bertz CT molecular complexity index is 1410. The third kappa shape index (κ3) is 5.08. The van der Waals surface area contributed by atoms with Gasteiger partial charge >= 0.3 is 0 Å². The van der Waals surface area contributed by atoms with Gasteiger partial charge in [-0.25, -0.2) is 0 Å². The minimum Gasteiger partial charge on any atom is -0.497 e. The van der Waals surface area contributed by atoms with Crippen LogP contribution in [0.1, 0.15) is 11.6 Å². The van der Waals surface area contributed by atoms with Crippen LogP contribution in [0.2, 0.25) is 0 Å². The third-order valence-corrected chi connectivity index (χ3v) is 6.67. The number of likely N-dealkylation sites (N-methyl/N-ethyl adjacent to an activating group) is 1. The average molecular weight is 493 g/mol. The zero-order valence-corrected chi connectivity index (χ0v) is 20.8. The summed E-state index contributed by atoms with van der Waals surface area (Å²) >= 11 is 1.28. The summed E-state index contributed by atoms with van der Waals surface area (Å²) in [4.78, 5) is 27.7. The molecule has 2 heterocycles. The topological polar surface area (TPSA) is 93.8 Å². The normalized spacial score (nSPS) is 12.2. The van der Waals surface area contributed by atoms with Gasteiger partial charge in [-0.2, -0.15) is 0 Å². The van der Waals surface area contributed by atoms with Gasteiger partial charge < -0.3 is 15.0 Å². The number of benzene rings is 2. The predicted octanol–water partition coefficient (Wildman–Crippen LogP) is 2.75. The highest BCUT2D eigenvalue weighted by Gasteiger charge is 2.19. The lowest BCUT2D eigenvalue weighted by Crippen LogP contribution is -2.35. The van der Waals surface area contributed by atoms with Gasteiger partial charge in [0, 0.05) is 13.1 Å². The summed E-state index contributed by atoms with van der Waals surface area (Å²) in [5, 5.41) is 12.6. The molecule has 0 fully saturated rings. The van der Waals surface area contributed by atoms with Gasteiger partial charge in [0.2, 0.25) is 11.7 Å². The molecule has 1 atom stereocenters. The highest BCUT2D eigenvalue weighted by atomic mass is 32.2. The SMILES string of the molecule is C=CCn1c(=O)c2ccccc2n2c(SCC(=O)NCC(c3ccc(OC)cc3)N(C)C)nnc12. The van der Waals surface area contributed by atoms with E-state index in [2.05, 4.69) is 27.0 Å². The van der Waals surface area contributed by atoms with Crippen molar-refractivity contribution < 1.29 is 9.53 Å². The van der Waals surface area contributed by atoms with Gasteiger partial charge in [0.05, 0.1) is 29.8 Å². The Kier molecular flexibility index (Phi) is 7.52. The molecule has 1 amide bonds. The lowest BCUT2D eigenvalue weighted by molar-refractivity contribution is -0.118. The number of para-hydroxylation sites is 1. The molecule has 10 heteroatoms. The Morgan fingerprint density at radius 3 is 2.63 bits per heavy atom. The van der Waals surface area contributed by atoms with Gasteiger partial charge in [0.15, 0.2) is 5.16 Å². The van der Waals surface area contributed by atoms with Crippen molar-refractivity contribution in [2.75, 3.05) is 33.5 Å². The van der Waals surface area contributed by atoms with E-state index in [0.29, 0.717) is 34.9 Å². The van der Waals surface area contributed by atoms with Crippen molar-refractivity contribution in [1.29, 1.82) is 0 Å². The summed E-state index contributed by atoms with van der Waals surface area (Å²) in [6.07, 6.45) is 1.65. The maximum absolute atomic E-state index is 12.9. The summed E-state index contributed by atoms with van der Waals surface area (Å²) in [7, 11) is 5.59. The number of nitrogens with one attached hydrogen (secondary N) is 1. The largest absolute Gasteiger partial charge is 0.497 e. The number of allylic oxidation sites excluding steroid dienone is 1. The molecule has 35 heavy (non-hydrogen) atoms. The molecule has 9 nitrogen and oxygen atoms in total. The molecule has 1 unspecified atom stereocenters. The van der Waals surface area contributed by atoms with Crippen LogP contribution < -0.4 is 15.6 Å². The van der Waals surface area contributed by atoms with Crippen LogP contribution in [0.3, 0.4) is 0 Å². The molecule has 0 bridgehead atoms. The van der Waals surface area contributed by atoms with E-state index in [1.807, 2.05) is 61.0 Å². The minimum absolute atomic E-state index is 0.0149. The number of hydrogen-bond acceptors (Lipinski definition) is 7. The number of carbonyl (C=O) groups excluding carboxylic acids is 1.